The molecule has 1 aromatic rings. The Morgan fingerprint density at radius 3 is 2.51 bits per heavy atom. The van der Waals surface area contributed by atoms with E-state index in [-0.39, 0.29) is 24.0 Å². The number of hydroxylamine groups is 1. The lowest BCUT2D eigenvalue weighted by Gasteiger charge is -2.48. The maximum atomic E-state index is 14.6. The molecule has 8 heteroatoms. The minimum absolute atomic E-state index is 0.0453. The van der Waals surface area contributed by atoms with Gasteiger partial charge in [-0.1, -0.05) is 76.6 Å². The summed E-state index contributed by atoms with van der Waals surface area (Å²) in [4.78, 5) is 41.0. The number of carbonyl (C=O) groups is 3. The van der Waals surface area contributed by atoms with Gasteiger partial charge in [0.2, 0.25) is 11.8 Å². The first-order valence-electron chi connectivity index (χ1n) is 12.6. The molecule has 0 radical (unpaired) electrons. The van der Waals surface area contributed by atoms with E-state index in [0.717, 1.165) is 12.0 Å². The number of nitrogens with two attached hydrogens (primary N) is 1. The van der Waals surface area contributed by atoms with Gasteiger partial charge in [-0.25, -0.2) is 11.3 Å². The maximum Gasteiger partial charge on any atom is 0.249 e. The number of allylic oxidation sites excluding steroid dienone is 1. The van der Waals surface area contributed by atoms with Crippen LogP contribution in [0.4, 0.5) is 0 Å². The number of piperidine rings is 1. The number of amides is 2. The van der Waals surface area contributed by atoms with E-state index in [0.29, 0.717) is 32.2 Å². The first-order chi connectivity index (χ1) is 16.7. The topological polar surface area (TPSA) is 134 Å². The van der Waals surface area contributed by atoms with Crippen LogP contribution >= 0.6 is 0 Å². The number of rotatable bonds is 12. The maximum absolute atomic E-state index is 14.6. The molecule has 6 N–H and O–H groups in total. The monoisotopic (exact) mass is 486 g/mol. The summed E-state index contributed by atoms with van der Waals surface area (Å²) < 4.78 is 0. The Bertz CT molecular complexity index is 888. The number of hydrogen-bond donors (Lipinski definition) is 5. The molecule has 0 bridgehead atoms. The number of nitrogens with one attached hydrogen (secondary N) is 3. The van der Waals surface area contributed by atoms with Gasteiger partial charge in [0.15, 0.2) is 5.78 Å². The molecule has 1 aromatic carbocycles. The van der Waals surface area contributed by atoms with E-state index in [4.69, 9.17) is 5.84 Å². The van der Waals surface area contributed by atoms with Crippen LogP contribution in [0.1, 0.15) is 71.8 Å². The zero-order valence-electron chi connectivity index (χ0n) is 21.5. The van der Waals surface area contributed by atoms with Crippen molar-refractivity contribution in [2.45, 2.75) is 71.8 Å². The van der Waals surface area contributed by atoms with Crippen LogP contribution in [0.15, 0.2) is 36.4 Å². The third-order valence-electron chi connectivity index (χ3n) is 7.09. The smallest absolute Gasteiger partial charge is 0.249 e. The number of hydrogen-bond acceptors (Lipinski definition) is 6. The highest BCUT2D eigenvalue weighted by Crippen LogP contribution is 2.44. The van der Waals surface area contributed by atoms with Gasteiger partial charge < -0.3 is 5.32 Å². The molecule has 2 rings (SSSR count). The van der Waals surface area contributed by atoms with Crippen molar-refractivity contribution in [2.75, 3.05) is 6.54 Å². The summed E-state index contributed by atoms with van der Waals surface area (Å²) in [5.74, 6) is 3.37. The minimum atomic E-state index is -1.39. The number of carbonyl (C=O) groups excluding carboxylic acids is 3. The lowest BCUT2D eigenvalue weighted by Crippen LogP contribution is -2.69. The molecule has 1 aliphatic rings. The van der Waals surface area contributed by atoms with Crippen LogP contribution in [0.25, 0.3) is 6.08 Å². The molecule has 4 atom stereocenters. The Labute approximate surface area is 209 Å². The molecule has 0 spiro atoms. The molecule has 0 aromatic heterocycles. The SMILES string of the molecule is CCCC(CC(C)C)(C(=O)NN)C(=O)[C@@]1([C@H](C/C=C/c2ccccc2)C(=O)NO)CC(C)CCN1. The molecule has 1 heterocycles. The standard InChI is InChI=1S/C27H42N4O4/c1-5-15-26(17-19(2)3,25(34)30-28)24(33)27(18-20(4)14-16-29-27)22(23(32)31-35)13-9-12-21-10-7-6-8-11-21/h6-12,19-20,22,29,35H,5,13-18,28H2,1-4H3,(H,30,34)(H,31,32)/b12-9+/t20?,22-,26?,27+/m1/s1. The molecule has 35 heavy (non-hydrogen) atoms. The summed E-state index contributed by atoms with van der Waals surface area (Å²) in [6, 6.07) is 9.65. The first-order valence-corrected chi connectivity index (χ1v) is 12.6. The zero-order chi connectivity index (χ0) is 26.1. The molecule has 0 saturated carbocycles. The van der Waals surface area contributed by atoms with Gasteiger partial charge in [0.25, 0.3) is 0 Å². The summed E-state index contributed by atoms with van der Waals surface area (Å²) >= 11 is 0. The minimum Gasteiger partial charge on any atom is -0.304 e. The van der Waals surface area contributed by atoms with Crippen LogP contribution in [0.2, 0.25) is 0 Å². The van der Waals surface area contributed by atoms with Crippen molar-refractivity contribution in [1.82, 2.24) is 16.2 Å². The molecule has 2 amide bonds. The fourth-order valence-corrected chi connectivity index (χ4v) is 5.68. The molecule has 8 nitrogen and oxygen atoms in total. The molecular weight excluding hydrogens is 444 g/mol. The number of benzene rings is 1. The van der Waals surface area contributed by atoms with Gasteiger partial charge in [-0.3, -0.25) is 25.0 Å². The third-order valence-corrected chi connectivity index (χ3v) is 7.09. The molecule has 1 aliphatic heterocycles. The van der Waals surface area contributed by atoms with Crippen LogP contribution < -0.4 is 22.1 Å². The van der Waals surface area contributed by atoms with E-state index >= 15 is 0 Å². The molecule has 194 valence electrons. The Kier molecular flexibility index (Phi) is 10.6. The van der Waals surface area contributed by atoms with Gasteiger partial charge in [0.1, 0.15) is 5.41 Å². The van der Waals surface area contributed by atoms with Crippen molar-refractivity contribution in [2.24, 2.45) is 29.0 Å². The summed E-state index contributed by atoms with van der Waals surface area (Å²) in [6.45, 7) is 8.43. The number of ketones is 1. The molecule has 1 saturated heterocycles. The summed E-state index contributed by atoms with van der Waals surface area (Å²) in [5, 5.41) is 13.0. The van der Waals surface area contributed by atoms with Crippen LogP contribution in [-0.2, 0) is 14.4 Å². The molecule has 2 unspecified atom stereocenters. The Hall–Kier alpha value is -2.55. The highest BCUT2D eigenvalue weighted by Gasteiger charge is 2.59. The summed E-state index contributed by atoms with van der Waals surface area (Å²) in [6.07, 6.45) is 6.40. The van der Waals surface area contributed by atoms with Crippen LogP contribution in [0.5, 0.6) is 0 Å². The zero-order valence-corrected chi connectivity index (χ0v) is 21.5. The lowest BCUT2D eigenvalue weighted by molar-refractivity contribution is -0.156. The van der Waals surface area contributed by atoms with E-state index in [1.54, 1.807) is 5.48 Å². The lowest BCUT2D eigenvalue weighted by atomic mass is 9.59. The van der Waals surface area contributed by atoms with Crippen LogP contribution in [0.3, 0.4) is 0 Å². The normalized spacial score (nSPS) is 23.0. The van der Waals surface area contributed by atoms with Crippen molar-refractivity contribution in [3.05, 3.63) is 42.0 Å². The highest BCUT2D eigenvalue weighted by molar-refractivity contribution is 6.11. The second-order valence-corrected chi connectivity index (χ2v) is 10.3. The van der Waals surface area contributed by atoms with Crippen molar-refractivity contribution in [3.63, 3.8) is 0 Å². The summed E-state index contributed by atoms with van der Waals surface area (Å²) in [5.41, 5.74) is 2.26. The summed E-state index contributed by atoms with van der Waals surface area (Å²) in [7, 11) is 0. The predicted octanol–water partition coefficient (Wildman–Crippen LogP) is 3.36. The average Bonchev–Trinajstić information content (AvgIpc) is 2.85. The van der Waals surface area contributed by atoms with E-state index in [1.165, 1.54) is 0 Å². The van der Waals surface area contributed by atoms with E-state index in [2.05, 4.69) is 10.7 Å². The Morgan fingerprint density at radius 2 is 1.97 bits per heavy atom. The fraction of sp³-hybridized carbons (Fsp3) is 0.593. The van der Waals surface area contributed by atoms with Gasteiger partial charge in [0.05, 0.1) is 11.5 Å². The van der Waals surface area contributed by atoms with Crippen LogP contribution in [-0.4, -0.2) is 34.9 Å². The van der Waals surface area contributed by atoms with Crippen molar-refractivity contribution >= 4 is 23.7 Å². The van der Waals surface area contributed by atoms with Crippen molar-refractivity contribution in [1.29, 1.82) is 0 Å². The van der Waals surface area contributed by atoms with Gasteiger partial charge in [-0.05, 0) is 56.0 Å². The van der Waals surface area contributed by atoms with Gasteiger partial charge in [0, 0.05) is 0 Å². The highest BCUT2D eigenvalue weighted by atomic mass is 16.5. The second-order valence-electron chi connectivity index (χ2n) is 10.3. The van der Waals surface area contributed by atoms with Gasteiger partial charge >= 0.3 is 0 Å². The molecular formula is C27H42N4O4. The molecule has 0 aliphatic carbocycles. The second kappa shape index (κ2) is 13.0. The Morgan fingerprint density at radius 1 is 1.29 bits per heavy atom. The van der Waals surface area contributed by atoms with Gasteiger partial charge in [-0.2, -0.15) is 0 Å². The van der Waals surface area contributed by atoms with E-state index in [9.17, 15) is 19.6 Å². The van der Waals surface area contributed by atoms with E-state index < -0.39 is 28.7 Å². The molecule has 1 fully saturated rings. The number of Topliss-reactive ketones (excluding diaryl/α,β-unsaturated/α-hetero) is 1. The fourth-order valence-electron chi connectivity index (χ4n) is 5.68. The Balaban J connectivity index is 2.62. The van der Waals surface area contributed by atoms with Crippen molar-refractivity contribution in [3.8, 4) is 0 Å². The largest absolute Gasteiger partial charge is 0.304 e. The average molecular weight is 487 g/mol. The quantitative estimate of drug-likeness (QED) is 0.101. The van der Waals surface area contributed by atoms with E-state index in [1.807, 2.05) is 70.2 Å². The predicted molar refractivity (Wildman–Crippen MR) is 137 cm³/mol. The number of hydrazine groups is 1. The van der Waals surface area contributed by atoms with Crippen LogP contribution in [0, 0.1) is 23.2 Å². The third kappa shape index (κ3) is 6.57. The first kappa shape index (κ1) is 28.7. The van der Waals surface area contributed by atoms with Gasteiger partial charge in [-0.15, -0.1) is 0 Å². The van der Waals surface area contributed by atoms with Crippen molar-refractivity contribution < 1.29 is 19.6 Å².